The molecule has 0 unspecified atom stereocenters. The van der Waals surface area contributed by atoms with Crippen LogP contribution in [0.15, 0.2) is 23.1 Å². The number of rotatable bonds is 1. The van der Waals surface area contributed by atoms with Crippen LogP contribution in [0.1, 0.15) is 0 Å². The zero-order valence-corrected chi connectivity index (χ0v) is 7.19. The summed E-state index contributed by atoms with van der Waals surface area (Å²) in [5.74, 6) is 0. The summed E-state index contributed by atoms with van der Waals surface area (Å²) in [4.78, 5) is 2.38. The molecule has 0 aliphatic heterocycles. The number of nitrogen functional groups attached to an aromatic ring is 1. The summed E-state index contributed by atoms with van der Waals surface area (Å²) in [5.41, 5.74) is 5.33. The van der Waals surface area contributed by atoms with Crippen LogP contribution in [0.2, 0.25) is 0 Å². The summed E-state index contributed by atoms with van der Waals surface area (Å²) in [6.07, 6.45) is 0. The molecule has 3 N–H and O–H groups in total. The molecule has 13 heavy (non-hydrogen) atoms. The fourth-order valence-corrected chi connectivity index (χ4v) is 1.27. The lowest BCUT2D eigenvalue weighted by Gasteiger charge is -1.93. The van der Waals surface area contributed by atoms with Crippen molar-refractivity contribution < 1.29 is 13.0 Å². The molecule has 0 radical (unpaired) electrons. The molecule has 0 aliphatic rings. The van der Waals surface area contributed by atoms with Gasteiger partial charge in [0.15, 0.2) is 4.98 Å². The molecular formula is C6H6N3O3S+. The predicted octanol–water partition coefficient (Wildman–Crippen LogP) is 1.00. The summed E-state index contributed by atoms with van der Waals surface area (Å²) >= 11 is 0. The van der Waals surface area contributed by atoms with Crippen LogP contribution in [0.3, 0.4) is 0 Å². The highest BCUT2D eigenvalue weighted by atomic mass is 32.2. The van der Waals surface area contributed by atoms with Gasteiger partial charge in [0.1, 0.15) is 10.6 Å². The Labute approximate surface area is 74.4 Å². The number of hydrogen-bond donors (Lipinski definition) is 2. The first-order chi connectivity index (χ1) is 5.95. The Hall–Kier alpha value is -1.65. The zero-order chi connectivity index (χ0) is 10.1. The average molecular weight is 200 g/mol. The number of hydrogen-bond acceptors (Lipinski definition) is 4. The quantitative estimate of drug-likeness (QED) is 0.399. The van der Waals surface area contributed by atoms with Crippen molar-refractivity contribution in [2.24, 2.45) is 0 Å². The van der Waals surface area contributed by atoms with Crippen LogP contribution < -0.4 is 5.73 Å². The Kier molecular flexibility index (Phi) is 2.18. The summed E-state index contributed by atoms with van der Waals surface area (Å²) in [6, 6.07) is 3.29. The van der Waals surface area contributed by atoms with Crippen molar-refractivity contribution in [2.45, 2.75) is 4.90 Å². The van der Waals surface area contributed by atoms with Gasteiger partial charge in [0, 0.05) is 0 Å². The molecule has 0 amide bonds. The largest absolute Gasteiger partial charge is 0.408 e. The van der Waals surface area contributed by atoms with E-state index >= 15 is 0 Å². The number of nitrogens with two attached hydrogens (primary N) is 1. The summed E-state index contributed by atoms with van der Waals surface area (Å²) < 4.78 is 29.8. The van der Waals surface area contributed by atoms with Gasteiger partial charge in [-0.1, -0.05) is 0 Å². The molecule has 1 rings (SSSR count). The summed E-state index contributed by atoms with van der Waals surface area (Å²) in [6.45, 7) is 0. The predicted molar refractivity (Wildman–Crippen MR) is 45.4 cm³/mol. The van der Waals surface area contributed by atoms with Crippen molar-refractivity contribution in [3.63, 3.8) is 0 Å². The van der Waals surface area contributed by atoms with Gasteiger partial charge in [0.2, 0.25) is 5.39 Å². The van der Waals surface area contributed by atoms with E-state index in [-0.39, 0.29) is 16.3 Å². The van der Waals surface area contributed by atoms with Crippen molar-refractivity contribution in [1.29, 1.82) is 5.39 Å². The lowest BCUT2D eigenvalue weighted by Crippen LogP contribution is -1.98. The van der Waals surface area contributed by atoms with Crippen molar-refractivity contribution >= 4 is 21.5 Å². The first-order valence-electron chi connectivity index (χ1n) is 3.17. The van der Waals surface area contributed by atoms with Gasteiger partial charge in [-0.2, -0.15) is 8.42 Å². The van der Waals surface area contributed by atoms with E-state index in [2.05, 4.69) is 4.98 Å². The van der Waals surface area contributed by atoms with Crippen molar-refractivity contribution in [3.05, 3.63) is 23.2 Å². The van der Waals surface area contributed by atoms with Crippen LogP contribution in [-0.4, -0.2) is 13.0 Å². The molecule has 0 saturated carbocycles. The van der Waals surface area contributed by atoms with Gasteiger partial charge < -0.3 is 5.73 Å². The van der Waals surface area contributed by atoms with Gasteiger partial charge in [0.25, 0.3) is 10.1 Å². The second-order valence-corrected chi connectivity index (χ2v) is 3.72. The minimum Gasteiger partial charge on any atom is -0.392 e. The smallest absolute Gasteiger partial charge is 0.392 e. The third-order valence-electron chi connectivity index (χ3n) is 1.41. The van der Waals surface area contributed by atoms with Crippen LogP contribution in [0.4, 0.5) is 11.4 Å². The highest BCUT2D eigenvalue weighted by Gasteiger charge is 2.17. The maximum atomic E-state index is 10.6. The van der Waals surface area contributed by atoms with Crippen molar-refractivity contribution in [1.82, 2.24) is 0 Å². The van der Waals surface area contributed by atoms with Crippen LogP contribution in [0, 0.1) is 5.39 Å². The SMILES string of the molecule is N#[N+]c1cc(S(=O)(=O)O)ccc1N. The fraction of sp³-hybridized carbons (Fsp3) is 0. The van der Waals surface area contributed by atoms with E-state index in [4.69, 9.17) is 15.7 Å². The van der Waals surface area contributed by atoms with Gasteiger partial charge in [-0.15, -0.1) is 0 Å². The number of benzene rings is 1. The minimum absolute atomic E-state index is 0.102. The van der Waals surface area contributed by atoms with Crippen LogP contribution in [-0.2, 0) is 10.1 Å². The zero-order valence-electron chi connectivity index (χ0n) is 6.38. The molecule has 6 nitrogen and oxygen atoms in total. The molecule has 0 fully saturated rings. The monoisotopic (exact) mass is 200 g/mol. The number of nitrogens with zero attached hydrogens (tertiary/aromatic N) is 2. The van der Waals surface area contributed by atoms with E-state index < -0.39 is 10.1 Å². The first-order valence-corrected chi connectivity index (χ1v) is 4.61. The van der Waals surface area contributed by atoms with E-state index in [1.807, 2.05) is 0 Å². The van der Waals surface area contributed by atoms with E-state index in [9.17, 15) is 8.42 Å². The highest BCUT2D eigenvalue weighted by Crippen LogP contribution is 2.24. The van der Waals surface area contributed by atoms with E-state index in [1.165, 1.54) is 6.07 Å². The Morgan fingerprint density at radius 1 is 1.46 bits per heavy atom. The maximum absolute atomic E-state index is 10.6. The lowest BCUT2D eigenvalue weighted by molar-refractivity contribution is 0.483. The topological polar surface area (TPSA) is 109 Å². The second kappa shape index (κ2) is 3.01. The molecule has 0 atom stereocenters. The summed E-state index contributed by atoms with van der Waals surface area (Å²) in [5, 5.41) is 8.38. The maximum Gasteiger partial charge on any atom is 0.408 e. The Bertz CT molecular complexity index is 474. The van der Waals surface area contributed by atoms with Gasteiger partial charge in [-0.25, -0.2) is 0 Å². The molecule has 1 aromatic rings. The van der Waals surface area contributed by atoms with Gasteiger partial charge >= 0.3 is 5.69 Å². The fourth-order valence-electron chi connectivity index (χ4n) is 0.771. The molecule has 0 spiro atoms. The first kappa shape index (κ1) is 9.44. The lowest BCUT2D eigenvalue weighted by atomic mass is 10.3. The van der Waals surface area contributed by atoms with E-state index in [0.717, 1.165) is 12.1 Å². The molecule has 7 heteroatoms. The molecule has 0 saturated heterocycles. The van der Waals surface area contributed by atoms with Crippen LogP contribution in [0.5, 0.6) is 0 Å². The van der Waals surface area contributed by atoms with Crippen molar-refractivity contribution in [3.8, 4) is 0 Å². The van der Waals surface area contributed by atoms with Crippen molar-refractivity contribution in [2.75, 3.05) is 5.73 Å². The third-order valence-corrected chi connectivity index (χ3v) is 2.26. The van der Waals surface area contributed by atoms with Crippen LogP contribution >= 0.6 is 0 Å². The number of diazo groups is 1. The average Bonchev–Trinajstić information content (AvgIpc) is 2.03. The molecule has 0 aliphatic carbocycles. The van der Waals surface area contributed by atoms with Gasteiger partial charge in [-0.3, -0.25) is 4.55 Å². The Balaban J connectivity index is 3.41. The molecule has 68 valence electrons. The van der Waals surface area contributed by atoms with E-state index in [0.29, 0.717) is 0 Å². The van der Waals surface area contributed by atoms with Gasteiger partial charge in [0.05, 0.1) is 6.07 Å². The number of anilines is 1. The standard InChI is InChI=1S/C6H5N3O3S/c7-5-2-1-4(13(10,11)12)3-6(5)9-8/h1-3H,7H2/p+1. The normalized spacial score (nSPS) is 10.8. The summed E-state index contributed by atoms with van der Waals surface area (Å²) in [7, 11) is -4.28. The Morgan fingerprint density at radius 3 is 2.54 bits per heavy atom. The van der Waals surface area contributed by atoms with E-state index in [1.54, 1.807) is 0 Å². The van der Waals surface area contributed by atoms with Gasteiger partial charge in [-0.05, 0) is 12.1 Å². The second-order valence-electron chi connectivity index (χ2n) is 2.30. The molecule has 0 aromatic heterocycles. The Morgan fingerprint density at radius 2 is 2.08 bits per heavy atom. The molecule has 0 heterocycles. The third kappa shape index (κ3) is 1.93. The highest BCUT2D eigenvalue weighted by molar-refractivity contribution is 7.85. The van der Waals surface area contributed by atoms with Crippen LogP contribution in [0.25, 0.3) is 4.98 Å². The molecule has 1 aromatic carbocycles. The minimum atomic E-state index is -4.28. The molecule has 0 bridgehead atoms. The molecular weight excluding hydrogens is 194 g/mol.